The van der Waals surface area contributed by atoms with Crippen LogP contribution in [0.1, 0.15) is 44.6 Å². The molecule has 4 N–H and O–H groups in total. The highest BCUT2D eigenvalue weighted by Gasteiger charge is 2.07. The van der Waals surface area contributed by atoms with E-state index in [-0.39, 0.29) is 11.7 Å². The quantitative estimate of drug-likeness (QED) is 0.447. The summed E-state index contributed by atoms with van der Waals surface area (Å²) >= 11 is 0. The van der Waals surface area contributed by atoms with Crippen LogP contribution in [0.3, 0.4) is 0 Å². The van der Waals surface area contributed by atoms with E-state index in [4.69, 9.17) is 5.73 Å². The van der Waals surface area contributed by atoms with E-state index in [0.29, 0.717) is 29.9 Å². The molecule has 0 radical (unpaired) electrons. The molecule has 134 valence electrons. The second-order valence-corrected chi connectivity index (χ2v) is 6.11. The number of rotatable bonds is 9. The average molecular weight is 343 g/mol. The van der Waals surface area contributed by atoms with Gasteiger partial charge in [-0.3, -0.25) is 4.79 Å². The highest BCUT2D eigenvalue weighted by Crippen LogP contribution is 2.24. The minimum Gasteiger partial charge on any atom is -0.397 e. The zero-order valence-electron chi connectivity index (χ0n) is 14.6. The highest BCUT2D eigenvalue weighted by atomic mass is 19.1. The monoisotopic (exact) mass is 343 g/mol. The fraction of sp³-hybridized carbons (Fsp3) is 0.350. The van der Waals surface area contributed by atoms with Gasteiger partial charge in [0.25, 0.3) is 0 Å². The van der Waals surface area contributed by atoms with Crippen molar-refractivity contribution in [3.05, 3.63) is 53.8 Å². The molecule has 0 spiro atoms. The predicted octanol–water partition coefficient (Wildman–Crippen LogP) is 4.93. The van der Waals surface area contributed by atoms with E-state index in [2.05, 4.69) is 17.6 Å². The summed E-state index contributed by atoms with van der Waals surface area (Å²) in [7, 11) is 0. The van der Waals surface area contributed by atoms with Gasteiger partial charge in [-0.2, -0.15) is 0 Å². The number of carbonyl (C=O) groups excluding carboxylic acids is 1. The maximum Gasteiger partial charge on any atom is 0.224 e. The number of hydrogen-bond donors (Lipinski definition) is 3. The molecule has 0 saturated heterocycles. The number of anilines is 3. The molecule has 4 nitrogen and oxygen atoms in total. The second-order valence-electron chi connectivity index (χ2n) is 6.11. The molecule has 2 aromatic carbocycles. The lowest BCUT2D eigenvalue weighted by molar-refractivity contribution is -0.116. The summed E-state index contributed by atoms with van der Waals surface area (Å²) in [5.41, 5.74) is 8.48. The van der Waals surface area contributed by atoms with Crippen LogP contribution in [-0.2, 0) is 11.3 Å². The summed E-state index contributed by atoms with van der Waals surface area (Å²) < 4.78 is 13.6. The van der Waals surface area contributed by atoms with Gasteiger partial charge in [0, 0.05) is 24.2 Å². The Balaban J connectivity index is 1.87. The molecule has 25 heavy (non-hydrogen) atoms. The van der Waals surface area contributed by atoms with Crippen molar-refractivity contribution in [1.82, 2.24) is 0 Å². The molecule has 0 bridgehead atoms. The molecular weight excluding hydrogens is 317 g/mol. The van der Waals surface area contributed by atoms with Crippen molar-refractivity contribution in [1.29, 1.82) is 0 Å². The Morgan fingerprint density at radius 1 is 1.12 bits per heavy atom. The molecule has 0 saturated carbocycles. The third-order valence-electron chi connectivity index (χ3n) is 4.02. The van der Waals surface area contributed by atoms with Crippen LogP contribution in [0, 0.1) is 5.82 Å². The van der Waals surface area contributed by atoms with Crippen LogP contribution >= 0.6 is 0 Å². The van der Waals surface area contributed by atoms with E-state index >= 15 is 0 Å². The maximum absolute atomic E-state index is 13.6. The second kappa shape index (κ2) is 9.67. The van der Waals surface area contributed by atoms with Gasteiger partial charge in [-0.1, -0.05) is 44.4 Å². The summed E-state index contributed by atoms with van der Waals surface area (Å²) in [6, 6.07) is 12.0. The zero-order valence-corrected chi connectivity index (χ0v) is 14.6. The molecule has 5 heteroatoms. The third kappa shape index (κ3) is 6.10. The topological polar surface area (TPSA) is 67.2 Å². The van der Waals surface area contributed by atoms with Gasteiger partial charge in [0.05, 0.1) is 11.4 Å². The van der Waals surface area contributed by atoms with Crippen LogP contribution in [-0.4, -0.2) is 5.91 Å². The summed E-state index contributed by atoms with van der Waals surface area (Å²) in [6.45, 7) is 2.51. The van der Waals surface area contributed by atoms with Gasteiger partial charge in [0.15, 0.2) is 0 Å². The number of nitrogens with two attached hydrogens (primary N) is 1. The molecule has 0 aliphatic heterocycles. The van der Waals surface area contributed by atoms with Crippen LogP contribution in [0.25, 0.3) is 0 Å². The summed E-state index contributed by atoms with van der Waals surface area (Å²) in [5.74, 6) is -0.259. The molecule has 0 aromatic heterocycles. The summed E-state index contributed by atoms with van der Waals surface area (Å²) in [6.07, 6.45) is 4.76. The largest absolute Gasteiger partial charge is 0.397 e. The van der Waals surface area contributed by atoms with Crippen LogP contribution < -0.4 is 16.4 Å². The van der Waals surface area contributed by atoms with Crippen molar-refractivity contribution < 1.29 is 9.18 Å². The molecule has 0 atom stereocenters. The van der Waals surface area contributed by atoms with E-state index in [0.717, 1.165) is 31.4 Å². The lowest BCUT2D eigenvalue weighted by Gasteiger charge is -2.12. The Morgan fingerprint density at radius 3 is 2.64 bits per heavy atom. The summed E-state index contributed by atoms with van der Waals surface area (Å²) in [4.78, 5) is 11.9. The fourth-order valence-corrected chi connectivity index (χ4v) is 2.55. The average Bonchev–Trinajstić information content (AvgIpc) is 2.60. The van der Waals surface area contributed by atoms with Gasteiger partial charge in [-0.15, -0.1) is 0 Å². The minimum atomic E-state index is -0.241. The standard InChI is InChI=1S/C20H26FN3O/c1-2-3-4-5-10-20(25)24-19-12-11-16(13-18(19)22)23-14-15-8-6-7-9-17(15)21/h6-9,11-13,23H,2-5,10,14,22H2,1H3,(H,24,25). The SMILES string of the molecule is CCCCCCC(=O)Nc1ccc(NCc2ccccc2F)cc1N. The number of benzene rings is 2. The van der Waals surface area contributed by atoms with E-state index < -0.39 is 0 Å². The Kier molecular flexibility index (Phi) is 7.26. The first kappa shape index (κ1) is 18.8. The van der Waals surface area contributed by atoms with Gasteiger partial charge in [-0.25, -0.2) is 4.39 Å². The van der Waals surface area contributed by atoms with Crippen LogP contribution in [0.4, 0.5) is 21.5 Å². The number of nitrogen functional groups attached to an aromatic ring is 1. The molecule has 0 aliphatic rings. The summed E-state index contributed by atoms with van der Waals surface area (Å²) in [5, 5.41) is 5.98. The van der Waals surface area contributed by atoms with E-state index in [1.165, 1.54) is 6.07 Å². The Morgan fingerprint density at radius 2 is 1.92 bits per heavy atom. The van der Waals surface area contributed by atoms with Gasteiger partial charge >= 0.3 is 0 Å². The Bertz CT molecular complexity index is 703. The van der Waals surface area contributed by atoms with Crippen LogP contribution in [0.15, 0.2) is 42.5 Å². The first-order valence-corrected chi connectivity index (χ1v) is 8.76. The Hall–Kier alpha value is -2.56. The number of unbranched alkanes of at least 4 members (excludes halogenated alkanes) is 3. The van der Waals surface area contributed by atoms with Crippen molar-refractivity contribution in [2.24, 2.45) is 0 Å². The first-order chi connectivity index (χ1) is 12.1. The fourth-order valence-electron chi connectivity index (χ4n) is 2.55. The number of halogens is 1. The van der Waals surface area contributed by atoms with Gasteiger partial charge < -0.3 is 16.4 Å². The molecule has 2 aromatic rings. The van der Waals surface area contributed by atoms with E-state index in [1.807, 2.05) is 6.07 Å². The van der Waals surface area contributed by atoms with Gasteiger partial charge in [0.1, 0.15) is 5.82 Å². The molecule has 0 heterocycles. The zero-order chi connectivity index (χ0) is 18.1. The van der Waals surface area contributed by atoms with Crippen molar-refractivity contribution in [3.63, 3.8) is 0 Å². The van der Waals surface area contributed by atoms with Crippen molar-refractivity contribution in [3.8, 4) is 0 Å². The number of amides is 1. The van der Waals surface area contributed by atoms with Crippen molar-refractivity contribution in [2.45, 2.75) is 45.6 Å². The van der Waals surface area contributed by atoms with E-state index in [9.17, 15) is 9.18 Å². The van der Waals surface area contributed by atoms with E-state index in [1.54, 1.807) is 30.3 Å². The normalized spacial score (nSPS) is 10.5. The molecule has 1 amide bonds. The van der Waals surface area contributed by atoms with Crippen molar-refractivity contribution in [2.75, 3.05) is 16.4 Å². The maximum atomic E-state index is 13.6. The van der Waals surface area contributed by atoms with Crippen LogP contribution in [0.2, 0.25) is 0 Å². The minimum absolute atomic E-state index is 0.0186. The number of nitrogens with one attached hydrogen (secondary N) is 2. The number of hydrogen-bond acceptors (Lipinski definition) is 3. The lowest BCUT2D eigenvalue weighted by Crippen LogP contribution is -2.12. The highest BCUT2D eigenvalue weighted by molar-refractivity contribution is 5.94. The first-order valence-electron chi connectivity index (χ1n) is 8.76. The number of carbonyl (C=O) groups is 1. The van der Waals surface area contributed by atoms with Gasteiger partial charge in [0.2, 0.25) is 5.91 Å². The Labute approximate surface area is 148 Å². The predicted molar refractivity (Wildman–Crippen MR) is 102 cm³/mol. The third-order valence-corrected chi connectivity index (χ3v) is 4.02. The molecule has 2 rings (SSSR count). The van der Waals surface area contributed by atoms with Gasteiger partial charge in [-0.05, 0) is 30.7 Å². The molecular formula is C20H26FN3O. The molecule has 0 unspecified atom stereocenters. The lowest BCUT2D eigenvalue weighted by atomic mass is 10.1. The molecule has 0 aliphatic carbocycles. The van der Waals surface area contributed by atoms with Crippen LogP contribution in [0.5, 0.6) is 0 Å². The van der Waals surface area contributed by atoms with Crippen molar-refractivity contribution >= 4 is 23.0 Å². The molecule has 0 fully saturated rings. The smallest absolute Gasteiger partial charge is 0.224 e.